The Kier molecular flexibility index (Phi) is 42.2. The molecule has 82 heavy (non-hydrogen) atoms. The van der Waals surface area contributed by atoms with Gasteiger partial charge in [0.15, 0.2) is 18.9 Å². The van der Waals surface area contributed by atoms with Gasteiger partial charge in [-0.05, 0) is 44.9 Å². The Morgan fingerprint density at radius 1 is 0.427 bits per heavy atom. The molecule has 482 valence electrons. The molecule has 1 amide bonds. The standard InChI is InChI=1S/C63H117NO18/c1-3-5-7-9-11-13-15-17-19-21-22-23-25-26-28-30-32-34-36-38-40-47(68)46(64-51(69)41-39-37-35-33-31-29-27-24-20-18-16-14-12-10-8-6-4-2)45-77-61-57(75)54(72)59(49(43-66)79-61)82-63-58(76)55(73)60(50(44-67)80-63)81-62-56(74)53(71)52(70)48(42-65)78-62/h18,20,38,40,46-50,52-63,65-68,70-76H,3-17,19,21-37,39,41-45H2,1-2H3,(H,64,69)/b20-18-,40-38+. The van der Waals surface area contributed by atoms with Crippen molar-refractivity contribution in [3.05, 3.63) is 24.3 Å². The number of ether oxygens (including phenoxy) is 6. The second-order valence-electron chi connectivity index (χ2n) is 23.6. The van der Waals surface area contributed by atoms with E-state index in [1.807, 2.05) is 6.08 Å². The molecule has 3 aliphatic rings. The van der Waals surface area contributed by atoms with Crippen molar-refractivity contribution in [3.63, 3.8) is 0 Å². The molecule has 3 aliphatic heterocycles. The Morgan fingerprint density at radius 3 is 1.18 bits per heavy atom. The van der Waals surface area contributed by atoms with Crippen LogP contribution in [-0.4, -0.2) is 193 Å². The number of nitrogens with one attached hydrogen (secondary N) is 1. The summed E-state index contributed by atoms with van der Waals surface area (Å²) in [6.45, 7) is 1.74. The molecule has 3 rings (SSSR count). The topological polar surface area (TPSA) is 307 Å². The number of rotatable bonds is 49. The molecule has 17 unspecified atom stereocenters. The molecule has 0 aromatic heterocycles. The highest BCUT2D eigenvalue weighted by molar-refractivity contribution is 5.76. The molecule has 0 aromatic carbocycles. The van der Waals surface area contributed by atoms with Crippen molar-refractivity contribution in [1.29, 1.82) is 0 Å². The Bertz CT molecular complexity index is 1590. The number of carbonyl (C=O) groups excluding carboxylic acids is 1. The number of amides is 1. The van der Waals surface area contributed by atoms with Gasteiger partial charge >= 0.3 is 0 Å². The maximum absolute atomic E-state index is 13.4. The molecule has 0 aromatic rings. The monoisotopic (exact) mass is 1180 g/mol. The molecule has 3 fully saturated rings. The van der Waals surface area contributed by atoms with Crippen LogP contribution in [0.3, 0.4) is 0 Å². The Balaban J connectivity index is 1.48. The summed E-state index contributed by atoms with van der Waals surface area (Å²) in [4.78, 5) is 13.4. The summed E-state index contributed by atoms with van der Waals surface area (Å²) in [6, 6.07) is -0.973. The van der Waals surface area contributed by atoms with Gasteiger partial charge in [0.25, 0.3) is 0 Å². The van der Waals surface area contributed by atoms with Crippen LogP contribution in [0.2, 0.25) is 0 Å². The first-order valence-corrected chi connectivity index (χ1v) is 32.6. The Morgan fingerprint density at radius 2 is 0.768 bits per heavy atom. The van der Waals surface area contributed by atoms with Crippen LogP contribution in [0, 0.1) is 0 Å². The zero-order valence-corrected chi connectivity index (χ0v) is 50.5. The van der Waals surface area contributed by atoms with Crippen LogP contribution in [0.15, 0.2) is 24.3 Å². The van der Waals surface area contributed by atoms with Gasteiger partial charge < -0.3 is 89.9 Å². The maximum atomic E-state index is 13.4. The van der Waals surface area contributed by atoms with Gasteiger partial charge in [0.1, 0.15) is 73.2 Å². The van der Waals surface area contributed by atoms with Crippen LogP contribution < -0.4 is 5.32 Å². The predicted molar refractivity (Wildman–Crippen MR) is 314 cm³/mol. The first-order valence-electron chi connectivity index (χ1n) is 32.6. The van der Waals surface area contributed by atoms with Crippen molar-refractivity contribution < 1.29 is 89.4 Å². The lowest BCUT2D eigenvalue weighted by Crippen LogP contribution is -2.66. The van der Waals surface area contributed by atoms with E-state index < -0.39 is 124 Å². The number of carbonyl (C=O) groups is 1. The smallest absolute Gasteiger partial charge is 0.220 e. The molecule has 0 bridgehead atoms. The Labute approximate surface area is 492 Å². The molecule has 12 N–H and O–H groups in total. The van der Waals surface area contributed by atoms with E-state index in [2.05, 4.69) is 31.3 Å². The number of hydrogen-bond donors (Lipinski definition) is 12. The molecule has 0 saturated carbocycles. The minimum atomic E-state index is -1.98. The zero-order chi connectivity index (χ0) is 59.7. The molecular weight excluding hydrogens is 1060 g/mol. The average molecular weight is 1180 g/mol. The van der Waals surface area contributed by atoms with Gasteiger partial charge in [-0.1, -0.05) is 212 Å². The lowest BCUT2D eigenvalue weighted by atomic mass is 9.96. The first kappa shape index (κ1) is 74.5. The number of unbranched alkanes of at least 4 members (excludes halogenated alkanes) is 31. The molecule has 19 nitrogen and oxygen atoms in total. The highest BCUT2D eigenvalue weighted by Gasteiger charge is 2.53. The normalized spacial score (nSPS) is 29.7. The van der Waals surface area contributed by atoms with E-state index in [1.54, 1.807) is 6.08 Å². The van der Waals surface area contributed by atoms with Crippen LogP contribution in [0.1, 0.15) is 239 Å². The molecule has 0 radical (unpaired) electrons. The second kappa shape index (κ2) is 46.4. The summed E-state index contributed by atoms with van der Waals surface area (Å²) in [5.74, 6) is -0.278. The van der Waals surface area contributed by atoms with E-state index in [-0.39, 0.29) is 18.9 Å². The van der Waals surface area contributed by atoms with E-state index in [1.165, 1.54) is 154 Å². The minimum Gasteiger partial charge on any atom is -0.394 e. The highest BCUT2D eigenvalue weighted by atomic mass is 16.8. The van der Waals surface area contributed by atoms with Gasteiger partial charge in [-0.25, -0.2) is 0 Å². The van der Waals surface area contributed by atoms with Crippen molar-refractivity contribution in [2.24, 2.45) is 0 Å². The Hall–Kier alpha value is -1.73. The molecule has 19 heteroatoms. The van der Waals surface area contributed by atoms with E-state index in [0.29, 0.717) is 6.42 Å². The predicted octanol–water partition coefficient (Wildman–Crippen LogP) is 7.10. The van der Waals surface area contributed by atoms with E-state index in [4.69, 9.17) is 28.4 Å². The highest BCUT2D eigenvalue weighted by Crippen LogP contribution is 2.33. The fourth-order valence-corrected chi connectivity index (χ4v) is 11.1. The van der Waals surface area contributed by atoms with Gasteiger partial charge in [0.05, 0.1) is 38.6 Å². The van der Waals surface area contributed by atoms with Crippen molar-refractivity contribution in [2.75, 3.05) is 26.4 Å². The van der Waals surface area contributed by atoms with Crippen molar-refractivity contribution in [3.8, 4) is 0 Å². The van der Waals surface area contributed by atoms with Crippen LogP contribution in [0.5, 0.6) is 0 Å². The van der Waals surface area contributed by atoms with Gasteiger partial charge in [-0.15, -0.1) is 0 Å². The molecular formula is C63H117NO18. The summed E-state index contributed by atoms with van der Waals surface area (Å²) >= 11 is 0. The number of aliphatic hydroxyl groups is 11. The maximum Gasteiger partial charge on any atom is 0.220 e. The zero-order valence-electron chi connectivity index (χ0n) is 50.5. The lowest BCUT2D eigenvalue weighted by Gasteiger charge is -2.48. The summed E-state index contributed by atoms with van der Waals surface area (Å²) in [7, 11) is 0. The first-order chi connectivity index (χ1) is 39.8. The third-order valence-corrected chi connectivity index (χ3v) is 16.5. The number of hydrogen-bond acceptors (Lipinski definition) is 18. The van der Waals surface area contributed by atoms with Crippen molar-refractivity contribution in [1.82, 2.24) is 5.32 Å². The average Bonchev–Trinajstić information content (AvgIpc) is 3.39. The summed E-state index contributed by atoms with van der Waals surface area (Å²) < 4.78 is 34.3. The van der Waals surface area contributed by atoms with Crippen LogP contribution in [-0.2, 0) is 33.2 Å². The summed E-state index contributed by atoms with van der Waals surface area (Å²) in [5.41, 5.74) is 0. The van der Waals surface area contributed by atoms with E-state index in [9.17, 15) is 61.0 Å². The molecule has 3 heterocycles. The van der Waals surface area contributed by atoms with Crippen LogP contribution >= 0.6 is 0 Å². The van der Waals surface area contributed by atoms with Crippen molar-refractivity contribution >= 4 is 5.91 Å². The lowest BCUT2D eigenvalue weighted by molar-refractivity contribution is -0.379. The van der Waals surface area contributed by atoms with Crippen LogP contribution in [0.4, 0.5) is 0 Å². The van der Waals surface area contributed by atoms with Gasteiger partial charge in [0, 0.05) is 6.42 Å². The number of allylic oxidation sites excluding steroid dienone is 3. The van der Waals surface area contributed by atoms with Gasteiger partial charge in [0.2, 0.25) is 5.91 Å². The fraction of sp³-hybridized carbons (Fsp3) is 0.921. The number of aliphatic hydroxyl groups excluding tert-OH is 11. The van der Waals surface area contributed by atoms with E-state index in [0.717, 1.165) is 57.8 Å². The fourth-order valence-electron chi connectivity index (χ4n) is 11.1. The summed E-state index contributed by atoms with van der Waals surface area (Å²) in [6.07, 6.45) is 22.9. The van der Waals surface area contributed by atoms with E-state index >= 15 is 0 Å². The largest absolute Gasteiger partial charge is 0.394 e. The molecule has 17 atom stereocenters. The molecule has 3 saturated heterocycles. The SMILES string of the molecule is CCCCCCCC/C=C\CCCCCCCCCC(=O)NC(COC1OC(CO)C(OC2OC(CO)C(OC3OC(CO)C(O)C(O)C3O)C(O)C2O)C(O)C1O)C(O)/C=C/CCCCCCCCCCCCCCCCCCCC. The third kappa shape index (κ3) is 29.3. The second-order valence-corrected chi connectivity index (χ2v) is 23.6. The van der Waals surface area contributed by atoms with Crippen LogP contribution in [0.25, 0.3) is 0 Å². The minimum absolute atomic E-state index is 0.240. The van der Waals surface area contributed by atoms with Gasteiger partial charge in [-0.2, -0.15) is 0 Å². The third-order valence-electron chi connectivity index (χ3n) is 16.5. The summed E-state index contributed by atoms with van der Waals surface area (Å²) in [5, 5.41) is 120. The molecule has 0 aliphatic carbocycles. The quantitative estimate of drug-likeness (QED) is 0.0213. The van der Waals surface area contributed by atoms with Crippen molar-refractivity contribution in [2.45, 2.75) is 343 Å². The van der Waals surface area contributed by atoms with Gasteiger partial charge in [-0.3, -0.25) is 4.79 Å². The molecule has 0 spiro atoms.